The normalized spacial score (nSPS) is 20.1. The lowest BCUT2D eigenvalue weighted by Gasteiger charge is -2.19. The molecule has 18 heavy (non-hydrogen) atoms. The van der Waals surface area contributed by atoms with Gasteiger partial charge in [-0.3, -0.25) is 0 Å². The van der Waals surface area contributed by atoms with Gasteiger partial charge in [-0.25, -0.2) is 0 Å². The summed E-state index contributed by atoms with van der Waals surface area (Å²) < 4.78 is 11.4. The van der Waals surface area contributed by atoms with Gasteiger partial charge in [0.15, 0.2) is 6.10 Å². The van der Waals surface area contributed by atoms with Crippen LogP contribution < -0.4 is 4.74 Å². The number of allylic oxidation sites excluding steroid dienone is 2. The first-order valence-corrected chi connectivity index (χ1v) is 6.05. The lowest BCUT2D eigenvalue weighted by molar-refractivity contribution is 0.192. The number of rotatable bonds is 6. The van der Waals surface area contributed by atoms with Crippen molar-refractivity contribution in [3.63, 3.8) is 0 Å². The molecular weight excluding hydrogens is 224 g/mol. The summed E-state index contributed by atoms with van der Waals surface area (Å²) in [6.07, 6.45) is 5.47. The molecule has 0 aromatic heterocycles. The highest BCUT2D eigenvalue weighted by molar-refractivity contribution is 5.35. The second-order valence-corrected chi connectivity index (χ2v) is 4.28. The van der Waals surface area contributed by atoms with Gasteiger partial charge in [0.25, 0.3) is 0 Å². The Bertz CT molecular complexity index is 470. The molecule has 2 unspecified atom stereocenters. The zero-order valence-corrected chi connectivity index (χ0v) is 10.6. The Hall–Kier alpha value is -1.80. The van der Waals surface area contributed by atoms with Crippen molar-refractivity contribution in [2.24, 2.45) is 0 Å². The molecule has 1 fully saturated rings. The summed E-state index contributed by atoms with van der Waals surface area (Å²) in [7, 11) is 0. The topological polar surface area (TPSA) is 21.8 Å². The Balaban J connectivity index is 2.21. The minimum atomic E-state index is -0.110. The number of hydrogen-bond donors (Lipinski definition) is 0. The maximum atomic E-state index is 6.06. The fourth-order valence-electron chi connectivity index (χ4n) is 1.83. The second kappa shape index (κ2) is 5.69. The van der Waals surface area contributed by atoms with E-state index in [1.807, 2.05) is 37.3 Å². The van der Waals surface area contributed by atoms with Crippen LogP contribution in [0.25, 0.3) is 0 Å². The molecule has 1 aliphatic rings. The van der Waals surface area contributed by atoms with Crippen LogP contribution in [0.15, 0.2) is 61.2 Å². The molecule has 1 heterocycles. The molecule has 0 saturated carbocycles. The molecule has 0 N–H and O–H groups in total. The largest absolute Gasteiger partial charge is 0.483 e. The highest BCUT2D eigenvalue weighted by Crippen LogP contribution is 2.28. The molecule has 2 heteroatoms. The molecule has 2 nitrogen and oxygen atoms in total. The fourth-order valence-corrected chi connectivity index (χ4v) is 1.83. The molecule has 0 spiro atoms. The SMILES string of the molecule is C=C/C=C(\C=C)C(Oc1ccccc1C)C1CO1. The molecule has 1 aromatic rings. The quantitative estimate of drug-likeness (QED) is 0.563. The number of para-hydroxylation sites is 1. The summed E-state index contributed by atoms with van der Waals surface area (Å²) in [6, 6.07) is 7.97. The third kappa shape index (κ3) is 2.90. The molecule has 0 amide bonds. The second-order valence-electron chi connectivity index (χ2n) is 4.28. The van der Waals surface area contributed by atoms with E-state index in [0.29, 0.717) is 0 Å². The molecule has 0 bridgehead atoms. The first kappa shape index (κ1) is 12.7. The number of benzene rings is 1. The minimum Gasteiger partial charge on any atom is -0.483 e. The maximum absolute atomic E-state index is 6.06. The van der Waals surface area contributed by atoms with Gasteiger partial charge in [0.05, 0.1) is 6.61 Å². The summed E-state index contributed by atoms with van der Waals surface area (Å²) in [5, 5.41) is 0. The van der Waals surface area contributed by atoms with Crippen LogP contribution >= 0.6 is 0 Å². The first-order chi connectivity index (χ1) is 8.76. The standard InChI is InChI=1S/C16H18O2/c1-4-8-13(5-2)16(15-11-17-15)18-14-10-7-6-9-12(14)3/h4-10,15-16H,1-2,11H2,3H3/b13-8+. The molecule has 1 aromatic carbocycles. The molecule has 2 rings (SSSR count). The molecule has 2 atom stereocenters. The smallest absolute Gasteiger partial charge is 0.152 e. The van der Waals surface area contributed by atoms with E-state index in [4.69, 9.17) is 9.47 Å². The number of ether oxygens (including phenoxy) is 2. The zero-order valence-electron chi connectivity index (χ0n) is 10.6. The predicted molar refractivity (Wildman–Crippen MR) is 73.8 cm³/mol. The molecule has 1 saturated heterocycles. The van der Waals surface area contributed by atoms with Crippen LogP contribution in [0.1, 0.15) is 5.56 Å². The van der Waals surface area contributed by atoms with E-state index in [1.54, 1.807) is 12.2 Å². The van der Waals surface area contributed by atoms with Gasteiger partial charge in [-0.1, -0.05) is 49.6 Å². The van der Waals surface area contributed by atoms with Crippen molar-refractivity contribution in [1.82, 2.24) is 0 Å². The van der Waals surface area contributed by atoms with Gasteiger partial charge in [-0.2, -0.15) is 0 Å². The maximum Gasteiger partial charge on any atom is 0.152 e. The van der Waals surface area contributed by atoms with E-state index in [-0.39, 0.29) is 12.2 Å². The minimum absolute atomic E-state index is 0.110. The Labute approximate surface area is 108 Å². The third-order valence-corrected chi connectivity index (χ3v) is 2.92. The van der Waals surface area contributed by atoms with E-state index in [0.717, 1.165) is 23.5 Å². The number of epoxide rings is 1. The van der Waals surface area contributed by atoms with Crippen molar-refractivity contribution in [3.05, 3.63) is 66.8 Å². The predicted octanol–water partition coefficient (Wildman–Crippen LogP) is 3.44. The van der Waals surface area contributed by atoms with E-state index in [1.165, 1.54) is 0 Å². The lowest BCUT2D eigenvalue weighted by atomic mass is 10.1. The Morgan fingerprint density at radius 2 is 2.17 bits per heavy atom. The summed E-state index contributed by atoms with van der Waals surface area (Å²) in [5.74, 6) is 0.884. The Morgan fingerprint density at radius 1 is 1.44 bits per heavy atom. The molecule has 1 aliphatic heterocycles. The van der Waals surface area contributed by atoms with Gasteiger partial charge < -0.3 is 9.47 Å². The molecule has 0 radical (unpaired) electrons. The molecular formula is C16H18O2. The van der Waals surface area contributed by atoms with Crippen LogP contribution in [0, 0.1) is 6.92 Å². The highest BCUT2D eigenvalue weighted by atomic mass is 16.6. The number of hydrogen-bond acceptors (Lipinski definition) is 2. The first-order valence-electron chi connectivity index (χ1n) is 6.05. The number of aryl methyl sites for hydroxylation is 1. The van der Waals surface area contributed by atoms with Crippen molar-refractivity contribution in [2.75, 3.05) is 6.61 Å². The van der Waals surface area contributed by atoms with Gasteiger partial charge in [0, 0.05) is 0 Å². The third-order valence-electron chi connectivity index (χ3n) is 2.92. The van der Waals surface area contributed by atoms with Gasteiger partial charge in [0.2, 0.25) is 0 Å². The average Bonchev–Trinajstić information content (AvgIpc) is 3.20. The molecule has 0 aliphatic carbocycles. The van der Waals surface area contributed by atoms with E-state index in [2.05, 4.69) is 13.2 Å². The molecule has 94 valence electrons. The fraction of sp³-hybridized carbons (Fsp3) is 0.250. The summed E-state index contributed by atoms with van der Waals surface area (Å²) >= 11 is 0. The van der Waals surface area contributed by atoms with Crippen molar-refractivity contribution >= 4 is 0 Å². The van der Waals surface area contributed by atoms with Crippen molar-refractivity contribution < 1.29 is 9.47 Å². The summed E-state index contributed by atoms with van der Waals surface area (Å²) in [5.41, 5.74) is 2.11. The van der Waals surface area contributed by atoms with Gasteiger partial charge in [0.1, 0.15) is 11.9 Å². The van der Waals surface area contributed by atoms with Crippen LogP contribution in [-0.4, -0.2) is 18.8 Å². The van der Waals surface area contributed by atoms with E-state index < -0.39 is 0 Å². The lowest BCUT2D eigenvalue weighted by Crippen LogP contribution is -2.25. The van der Waals surface area contributed by atoms with E-state index in [9.17, 15) is 0 Å². The summed E-state index contributed by atoms with van der Waals surface area (Å²) in [6.45, 7) is 10.3. The van der Waals surface area contributed by atoms with Crippen LogP contribution in [-0.2, 0) is 4.74 Å². The van der Waals surface area contributed by atoms with Crippen LogP contribution in [0.2, 0.25) is 0 Å². The van der Waals surface area contributed by atoms with E-state index >= 15 is 0 Å². The Morgan fingerprint density at radius 3 is 2.72 bits per heavy atom. The summed E-state index contributed by atoms with van der Waals surface area (Å²) in [4.78, 5) is 0. The highest BCUT2D eigenvalue weighted by Gasteiger charge is 2.36. The van der Waals surface area contributed by atoms with Crippen molar-refractivity contribution in [1.29, 1.82) is 0 Å². The average molecular weight is 242 g/mol. The van der Waals surface area contributed by atoms with Crippen LogP contribution in [0.3, 0.4) is 0 Å². The zero-order chi connectivity index (χ0) is 13.0. The van der Waals surface area contributed by atoms with Crippen LogP contribution in [0.5, 0.6) is 5.75 Å². The van der Waals surface area contributed by atoms with Gasteiger partial charge >= 0.3 is 0 Å². The van der Waals surface area contributed by atoms with Crippen molar-refractivity contribution in [3.8, 4) is 5.75 Å². The van der Waals surface area contributed by atoms with Crippen molar-refractivity contribution in [2.45, 2.75) is 19.1 Å². The Kier molecular flexibility index (Phi) is 4.00. The van der Waals surface area contributed by atoms with Gasteiger partial charge in [-0.05, 0) is 24.1 Å². The van der Waals surface area contributed by atoms with Crippen LogP contribution in [0.4, 0.5) is 0 Å². The van der Waals surface area contributed by atoms with Gasteiger partial charge in [-0.15, -0.1) is 0 Å². The monoisotopic (exact) mass is 242 g/mol.